The van der Waals surface area contributed by atoms with Crippen LogP contribution in [0.15, 0.2) is 24.5 Å². The summed E-state index contributed by atoms with van der Waals surface area (Å²) in [5.74, 6) is 1.95. The Kier molecular flexibility index (Phi) is 2.30. The van der Waals surface area contributed by atoms with Crippen molar-refractivity contribution in [2.24, 2.45) is 0 Å². The van der Waals surface area contributed by atoms with Crippen LogP contribution in [0.25, 0.3) is 5.52 Å². The highest BCUT2D eigenvalue weighted by atomic mass is 15.2. The first-order valence-corrected chi connectivity index (χ1v) is 6.85. The van der Waals surface area contributed by atoms with Crippen molar-refractivity contribution in [1.82, 2.24) is 14.7 Å². The lowest BCUT2D eigenvalue weighted by atomic mass is 10.2. The minimum Gasteiger partial charge on any atom is -0.367 e. The Morgan fingerprint density at radius 3 is 2.83 bits per heavy atom. The van der Waals surface area contributed by atoms with Crippen LogP contribution in [0, 0.1) is 0 Å². The second kappa shape index (κ2) is 3.99. The standard InChI is InChI=1S/C14H18N4/c1-2-12(17-8-5-15-6-9-17)13-10-16-14(11-3-4-11)18(13)7-1/h1-2,7,10-11,15H,3-6,8-9H2. The Morgan fingerprint density at radius 1 is 1.22 bits per heavy atom. The number of pyridine rings is 1. The summed E-state index contributed by atoms with van der Waals surface area (Å²) in [6, 6.07) is 4.37. The smallest absolute Gasteiger partial charge is 0.116 e. The van der Waals surface area contributed by atoms with Gasteiger partial charge in [0.2, 0.25) is 0 Å². The molecule has 1 N–H and O–H groups in total. The lowest BCUT2D eigenvalue weighted by molar-refractivity contribution is 0.590. The fourth-order valence-corrected chi connectivity index (χ4v) is 2.84. The van der Waals surface area contributed by atoms with Crippen molar-refractivity contribution < 1.29 is 0 Å². The van der Waals surface area contributed by atoms with Gasteiger partial charge in [-0.3, -0.25) is 0 Å². The molecule has 4 heteroatoms. The number of nitrogens with zero attached hydrogens (tertiary/aromatic N) is 3. The van der Waals surface area contributed by atoms with Crippen molar-refractivity contribution in [3.8, 4) is 0 Å². The number of piperazine rings is 1. The normalized spacial score (nSPS) is 20.6. The summed E-state index contributed by atoms with van der Waals surface area (Å²) in [5.41, 5.74) is 2.60. The molecule has 4 rings (SSSR count). The maximum absolute atomic E-state index is 4.63. The Bertz CT molecular complexity index is 564. The minimum absolute atomic E-state index is 0.700. The predicted molar refractivity (Wildman–Crippen MR) is 72.2 cm³/mol. The average molecular weight is 242 g/mol. The van der Waals surface area contributed by atoms with Crippen molar-refractivity contribution in [3.63, 3.8) is 0 Å². The number of hydrogen-bond acceptors (Lipinski definition) is 3. The number of fused-ring (bicyclic) bond motifs is 1. The van der Waals surface area contributed by atoms with Gasteiger partial charge in [0.05, 0.1) is 17.4 Å². The summed E-state index contributed by atoms with van der Waals surface area (Å²) in [6.45, 7) is 4.32. The quantitative estimate of drug-likeness (QED) is 0.868. The third-order valence-electron chi connectivity index (χ3n) is 3.98. The summed E-state index contributed by atoms with van der Waals surface area (Å²) in [4.78, 5) is 7.10. The average Bonchev–Trinajstić information content (AvgIpc) is 3.19. The predicted octanol–water partition coefficient (Wildman–Crippen LogP) is 1.62. The molecule has 0 aromatic carbocycles. The number of hydrogen-bond donors (Lipinski definition) is 1. The third-order valence-corrected chi connectivity index (χ3v) is 3.98. The maximum atomic E-state index is 4.63. The van der Waals surface area contributed by atoms with E-state index in [0.717, 1.165) is 26.2 Å². The Labute approximate surface area is 107 Å². The van der Waals surface area contributed by atoms with E-state index in [0.29, 0.717) is 5.92 Å². The second-order valence-corrected chi connectivity index (χ2v) is 5.28. The van der Waals surface area contributed by atoms with Crippen LogP contribution in [0.3, 0.4) is 0 Å². The van der Waals surface area contributed by atoms with E-state index in [1.54, 1.807) is 0 Å². The molecule has 0 bridgehead atoms. The van der Waals surface area contributed by atoms with E-state index in [2.05, 4.69) is 37.9 Å². The first-order valence-electron chi connectivity index (χ1n) is 6.85. The zero-order chi connectivity index (χ0) is 11.9. The van der Waals surface area contributed by atoms with E-state index >= 15 is 0 Å². The van der Waals surface area contributed by atoms with Gasteiger partial charge >= 0.3 is 0 Å². The number of imidazole rings is 1. The molecule has 94 valence electrons. The molecule has 0 amide bonds. The molecule has 2 fully saturated rings. The third kappa shape index (κ3) is 1.60. The zero-order valence-corrected chi connectivity index (χ0v) is 10.5. The van der Waals surface area contributed by atoms with Gasteiger partial charge in [-0.25, -0.2) is 4.98 Å². The maximum Gasteiger partial charge on any atom is 0.116 e. The molecule has 18 heavy (non-hydrogen) atoms. The largest absolute Gasteiger partial charge is 0.367 e. The fraction of sp³-hybridized carbons (Fsp3) is 0.500. The molecule has 1 aliphatic heterocycles. The van der Waals surface area contributed by atoms with Gasteiger partial charge < -0.3 is 14.6 Å². The highest BCUT2D eigenvalue weighted by molar-refractivity contribution is 5.73. The summed E-state index contributed by atoms with van der Waals surface area (Å²) in [6.07, 6.45) is 6.81. The van der Waals surface area contributed by atoms with Gasteiger partial charge in [0.1, 0.15) is 5.82 Å². The molecule has 0 radical (unpaired) electrons. The van der Waals surface area contributed by atoms with Crippen molar-refractivity contribution in [2.45, 2.75) is 18.8 Å². The van der Waals surface area contributed by atoms with Crippen molar-refractivity contribution in [2.75, 3.05) is 31.1 Å². The van der Waals surface area contributed by atoms with Crippen molar-refractivity contribution in [3.05, 3.63) is 30.4 Å². The summed E-state index contributed by atoms with van der Waals surface area (Å²) < 4.78 is 2.29. The molecular weight excluding hydrogens is 224 g/mol. The fourth-order valence-electron chi connectivity index (χ4n) is 2.84. The molecule has 2 aromatic rings. The van der Waals surface area contributed by atoms with Crippen LogP contribution in [0.2, 0.25) is 0 Å². The Morgan fingerprint density at radius 2 is 2.06 bits per heavy atom. The molecule has 2 aliphatic rings. The van der Waals surface area contributed by atoms with Crippen molar-refractivity contribution in [1.29, 1.82) is 0 Å². The van der Waals surface area contributed by atoms with Crippen LogP contribution >= 0.6 is 0 Å². The Balaban J connectivity index is 1.80. The van der Waals surface area contributed by atoms with Crippen LogP contribution in [0.1, 0.15) is 24.6 Å². The lowest BCUT2D eigenvalue weighted by Crippen LogP contribution is -2.43. The van der Waals surface area contributed by atoms with Gasteiger partial charge in [-0.2, -0.15) is 0 Å². The topological polar surface area (TPSA) is 32.6 Å². The van der Waals surface area contributed by atoms with E-state index in [-0.39, 0.29) is 0 Å². The summed E-state index contributed by atoms with van der Waals surface area (Å²) in [5, 5.41) is 3.40. The lowest BCUT2D eigenvalue weighted by Gasteiger charge is -2.29. The molecule has 1 saturated heterocycles. The number of anilines is 1. The summed E-state index contributed by atoms with van der Waals surface area (Å²) >= 11 is 0. The molecule has 4 nitrogen and oxygen atoms in total. The number of nitrogens with one attached hydrogen (secondary N) is 1. The molecule has 1 aliphatic carbocycles. The zero-order valence-electron chi connectivity index (χ0n) is 10.5. The van der Waals surface area contributed by atoms with Gasteiger partial charge in [0.25, 0.3) is 0 Å². The van der Waals surface area contributed by atoms with Crippen LogP contribution in [0.5, 0.6) is 0 Å². The van der Waals surface area contributed by atoms with E-state index < -0.39 is 0 Å². The molecule has 0 unspecified atom stereocenters. The van der Waals surface area contributed by atoms with Crippen LogP contribution in [-0.2, 0) is 0 Å². The molecule has 0 atom stereocenters. The molecule has 3 heterocycles. The van der Waals surface area contributed by atoms with Gasteiger partial charge in [0, 0.05) is 38.3 Å². The van der Waals surface area contributed by atoms with Gasteiger partial charge in [-0.05, 0) is 25.0 Å². The number of aromatic nitrogens is 2. The highest BCUT2D eigenvalue weighted by Crippen LogP contribution is 2.40. The Hall–Kier alpha value is -1.55. The second-order valence-electron chi connectivity index (χ2n) is 5.28. The van der Waals surface area contributed by atoms with Gasteiger partial charge in [-0.1, -0.05) is 0 Å². The van der Waals surface area contributed by atoms with Crippen molar-refractivity contribution >= 4 is 11.2 Å². The van der Waals surface area contributed by atoms with Crippen LogP contribution in [0.4, 0.5) is 5.69 Å². The molecular formula is C14H18N4. The molecule has 0 spiro atoms. The van der Waals surface area contributed by atoms with Crippen LogP contribution in [-0.4, -0.2) is 35.6 Å². The highest BCUT2D eigenvalue weighted by Gasteiger charge is 2.28. The van der Waals surface area contributed by atoms with E-state index in [1.807, 2.05) is 6.20 Å². The number of rotatable bonds is 2. The summed E-state index contributed by atoms with van der Waals surface area (Å²) in [7, 11) is 0. The first-order chi connectivity index (χ1) is 8.93. The SMILES string of the molecule is c1cc(N2CCNCC2)c2cnc(C3CC3)n2c1. The van der Waals surface area contributed by atoms with Gasteiger partial charge in [0.15, 0.2) is 0 Å². The first kappa shape index (κ1) is 10.4. The van der Waals surface area contributed by atoms with E-state index in [9.17, 15) is 0 Å². The van der Waals surface area contributed by atoms with E-state index in [1.165, 1.54) is 29.9 Å². The molecule has 2 aromatic heterocycles. The van der Waals surface area contributed by atoms with Crippen LogP contribution < -0.4 is 10.2 Å². The van der Waals surface area contributed by atoms with Gasteiger partial charge in [-0.15, -0.1) is 0 Å². The molecule has 1 saturated carbocycles. The van der Waals surface area contributed by atoms with E-state index in [4.69, 9.17) is 0 Å². The monoisotopic (exact) mass is 242 g/mol. The minimum atomic E-state index is 0.700.